The van der Waals surface area contributed by atoms with Crippen molar-refractivity contribution < 1.29 is 0 Å². The van der Waals surface area contributed by atoms with Gasteiger partial charge in [0.15, 0.2) is 0 Å². The van der Waals surface area contributed by atoms with Gasteiger partial charge in [-0.3, -0.25) is 0 Å². The van der Waals surface area contributed by atoms with E-state index < -0.39 is 0 Å². The molecule has 0 bridgehead atoms. The van der Waals surface area contributed by atoms with E-state index in [0.717, 1.165) is 16.4 Å². The Labute approximate surface area is 89.8 Å². The van der Waals surface area contributed by atoms with Gasteiger partial charge in [-0.05, 0) is 24.3 Å². The SMILES string of the molecule is CC(C)c1cc(=S)nc(C2CC2C)[nH]1. The summed E-state index contributed by atoms with van der Waals surface area (Å²) < 4.78 is 0.724. The van der Waals surface area contributed by atoms with E-state index in [2.05, 4.69) is 30.7 Å². The number of rotatable bonds is 2. The summed E-state index contributed by atoms with van der Waals surface area (Å²) in [5.74, 6) is 2.98. The van der Waals surface area contributed by atoms with Crippen LogP contribution in [-0.4, -0.2) is 9.97 Å². The van der Waals surface area contributed by atoms with Gasteiger partial charge in [-0.1, -0.05) is 33.0 Å². The van der Waals surface area contributed by atoms with E-state index in [1.807, 2.05) is 6.07 Å². The third-order valence-corrected chi connectivity index (χ3v) is 3.07. The molecule has 1 fully saturated rings. The van der Waals surface area contributed by atoms with E-state index in [1.54, 1.807) is 0 Å². The molecule has 14 heavy (non-hydrogen) atoms. The maximum atomic E-state index is 5.16. The highest BCUT2D eigenvalue weighted by Gasteiger charge is 2.36. The molecule has 2 atom stereocenters. The third-order valence-electron chi connectivity index (χ3n) is 2.86. The molecular formula is C11H16N2S. The lowest BCUT2D eigenvalue weighted by atomic mass is 10.1. The second-order valence-electron chi connectivity index (χ2n) is 4.53. The van der Waals surface area contributed by atoms with Crippen molar-refractivity contribution in [3.63, 3.8) is 0 Å². The predicted molar refractivity (Wildman–Crippen MR) is 60.0 cm³/mol. The summed E-state index contributed by atoms with van der Waals surface area (Å²) in [6.45, 7) is 6.59. The van der Waals surface area contributed by atoms with Gasteiger partial charge < -0.3 is 4.98 Å². The second kappa shape index (κ2) is 3.46. The van der Waals surface area contributed by atoms with E-state index in [-0.39, 0.29) is 0 Å². The van der Waals surface area contributed by atoms with Gasteiger partial charge in [0.05, 0.1) is 0 Å². The Bertz CT molecular complexity index is 395. The quantitative estimate of drug-likeness (QED) is 0.755. The Kier molecular flexibility index (Phi) is 2.43. The minimum atomic E-state index is 0.493. The van der Waals surface area contributed by atoms with Crippen LogP contribution in [0.3, 0.4) is 0 Å². The smallest absolute Gasteiger partial charge is 0.130 e. The topological polar surface area (TPSA) is 28.7 Å². The van der Waals surface area contributed by atoms with Crippen molar-refractivity contribution in [2.45, 2.75) is 39.0 Å². The Hall–Kier alpha value is -0.700. The van der Waals surface area contributed by atoms with Crippen LogP contribution in [0.4, 0.5) is 0 Å². The lowest BCUT2D eigenvalue weighted by Crippen LogP contribution is -2.00. The molecule has 1 heterocycles. The number of hydrogen-bond donors (Lipinski definition) is 1. The molecule has 1 aromatic rings. The zero-order chi connectivity index (χ0) is 10.3. The van der Waals surface area contributed by atoms with Gasteiger partial charge in [-0.2, -0.15) is 0 Å². The summed E-state index contributed by atoms with van der Waals surface area (Å²) in [5.41, 5.74) is 1.21. The molecule has 0 radical (unpaired) electrons. The number of hydrogen-bond acceptors (Lipinski definition) is 2. The van der Waals surface area contributed by atoms with E-state index in [1.165, 1.54) is 12.1 Å². The number of aromatic nitrogens is 2. The first-order valence-corrected chi connectivity index (χ1v) is 5.60. The van der Waals surface area contributed by atoms with Crippen molar-refractivity contribution in [3.05, 3.63) is 22.2 Å². The second-order valence-corrected chi connectivity index (χ2v) is 4.95. The molecule has 2 rings (SSSR count). The Balaban J connectivity index is 2.37. The van der Waals surface area contributed by atoms with Crippen LogP contribution < -0.4 is 0 Å². The highest BCUT2D eigenvalue weighted by molar-refractivity contribution is 7.71. The minimum absolute atomic E-state index is 0.493. The van der Waals surface area contributed by atoms with Crippen LogP contribution in [0.1, 0.15) is 50.5 Å². The monoisotopic (exact) mass is 208 g/mol. The molecule has 2 nitrogen and oxygen atoms in total. The van der Waals surface area contributed by atoms with Crippen molar-refractivity contribution in [2.75, 3.05) is 0 Å². The lowest BCUT2D eigenvalue weighted by molar-refractivity contribution is 0.764. The fraction of sp³-hybridized carbons (Fsp3) is 0.636. The zero-order valence-electron chi connectivity index (χ0n) is 8.87. The molecule has 1 N–H and O–H groups in total. The van der Waals surface area contributed by atoms with Crippen LogP contribution in [0.5, 0.6) is 0 Å². The van der Waals surface area contributed by atoms with Gasteiger partial charge in [0, 0.05) is 11.6 Å². The third kappa shape index (κ3) is 1.87. The molecule has 0 amide bonds. The molecule has 0 saturated heterocycles. The van der Waals surface area contributed by atoms with Gasteiger partial charge in [0.1, 0.15) is 10.5 Å². The standard InChI is InChI=1S/C11H16N2S/c1-6(2)9-5-10(14)13-11(12-9)8-4-7(8)3/h5-8H,4H2,1-3H3,(H,12,13,14). The minimum Gasteiger partial charge on any atom is -0.347 e. The van der Waals surface area contributed by atoms with Crippen LogP contribution in [0.2, 0.25) is 0 Å². The first-order valence-electron chi connectivity index (χ1n) is 5.19. The summed E-state index contributed by atoms with van der Waals surface area (Å²) >= 11 is 5.16. The normalized spacial score (nSPS) is 25.4. The fourth-order valence-corrected chi connectivity index (χ4v) is 1.91. The fourth-order valence-electron chi connectivity index (χ4n) is 1.69. The molecule has 76 valence electrons. The highest BCUT2D eigenvalue weighted by Crippen LogP contribution is 2.45. The van der Waals surface area contributed by atoms with Gasteiger partial charge >= 0.3 is 0 Å². The van der Waals surface area contributed by atoms with Gasteiger partial charge in [-0.25, -0.2) is 4.98 Å². The Morgan fingerprint density at radius 2 is 2.21 bits per heavy atom. The average molecular weight is 208 g/mol. The number of H-pyrrole nitrogens is 1. The molecule has 1 aliphatic rings. The summed E-state index contributed by atoms with van der Waals surface area (Å²) in [5, 5.41) is 0. The first kappa shape index (κ1) is 9.84. The van der Waals surface area contributed by atoms with Gasteiger partial charge in [0.25, 0.3) is 0 Å². The van der Waals surface area contributed by atoms with E-state index in [9.17, 15) is 0 Å². The molecule has 1 saturated carbocycles. The summed E-state index contributed by atoms with van der Waals surface area (Å²) in [4.78, 5) is 7.79. The molecule has 0 aromatic carbocycles. The maximum Gasteiger partial charge on any atom is 0.130 e. The van der Waals surface area contributed by atoms with Crippen LogP contribution >= 0.6 is 12.2 Å². The van der Waals surface area contributed by atoms with Crippen molar-refractivity contribution >= 4 is 12.2 Å². The predicted octanol–water partition coefficient (Wildman–Crippen LogP) is 3.39. The molecule has 1 aromatic heterocycles. The summed E-state index contributed by atoms with van der Waals surface area (Å²) in [7, 11) is 0. The van der Waals surface area contributed by atoms with Gasteiger partial charge in [0.2, 0.25) is 0 Å². The largest absolute Gasteiger partial charge is 0.347 e. The van der Waals surface area contributed by atoms with E-state index in [0.29, 0.717) is 11.8 Å². The van der Waals surface area contributed by atoms with Crippen molar-refractivity contribution in [1.82, 2.24) is 9.97 Å². The van der Waals surface area contributed by atoms with Crippen molar-refractivity contribution in [1.29, 1.82) is 0 Å². The molecule has 2 unspecified atom stereocenters. The van der Waals surface area contributed by atoms with Crippen LogP contribution in [-0.2, 0) is 0 Å². The molecule has 1 aliphatic carbocycles. The Morgan fingerprint density at radius 3 is 2.71 bits per heavy atom. The average Bonchev–Trinajstić information content (AvgIpc) is 2.81. The number of aromatic amines is 1. The molecule has 0 aliphatic heterocycles. The van der Waals surface area contributed by atoms with E-state index in [4.69, 9.17) is 12.2 Å². The number of nitrogens with one attached hydrogen (secondary N) is 1. The highest BCUT2D eigenvalue weighted by atomic mass is 32.1. The lowest BCUT2D eigenvalue weighted by Gasteiger charge is -2.07. The molecular weight excluding hydrogens is 192 g/mol. The van der Waals surface area contributed by atoms with Crippen molar-refractivity contribution in [3.8, 4) is 0 Å². The van der Waals surface area contributed by atoms with Gasteiger partial charge in [-0.15, -0.1) is 0 Å². The van der Waals surface area contributed by atoms with Crippen molar-refractivity contribution in [2.24, 2.45) is 5.92 Å². The maximum absolute atomic E-state index is 5.16. The molecule has 3 heteroatoms. The Morgan fingerprint density at radius 1 is 1.57 bits per heavy atom. The number of nitrogens with zero attached hydrogens (tertiary/aromatic N) is 1. The van der Waals surface area contributed by atoms with Crippen LogP contribution in [0, 0.1) is 10.6 Å². The van der Waals surface area contributed by atoms with Crippen LogP contribution in [0.25, 0.3) is 0 Å². The van der Waals surface area contributed by atoms with Crippen LogP contribution in [0.15, 0.2) is 6.07 Å². The summed E-state index contributed by atoms with van der Waals surface area (Å²) in [6.07, 6.45) is 1.25. The zero-order valence-corrected chi connectivity index (χ0v) is 9.69. The first-order chi connectivity index (χ1) is 6.58. The molecule has 0 spiro atoms. The summed E-state index contributed by atoms with van der Waals surface area (Å²) in [6, 6.07) is 1.97. The van der Waals surface area contributed by atoms with E-state index >= 15 is 0 Å².